The van der Waals surface area contributed by atoms with Crippen LogP contribution in [0.5, 0.6) is 5.75 Å². The standard InChI is InChI=1S/C28H20N4O3/c1-17-8-10-20(11-9-17)32-25-22(16-29)27(30)31(19-12-14-21(35-2)15-13-19)24(18-6-4-3-5-7-18)23(25)26(33)28(32)34/h3-15,30H,1-2H3. The maximum Gasteiger partial charge on any atom is 0.304 e. The Morgan fingerprint density at radius 2 is 1.51 bits per heavy atom. The fraction of sp³-hybridized carbons (Fsp3) is 0.0714. The number of ether oxygens (including phenoxy) is 1. The number of nitrogens with one attached hydrogen (secondary N) is 1. The maximum atomic E-state index is 13.5. The van der Waals surface area contributed by atoms with Crippen molar-refractivity contribution in [2.45, 2.75) is 6.92 Å². The molecule has 1 aliphatic rings. The molecule has 170 valence electrons. The van der Waals surface area contributed by atoms with Crippen molar-refractivity contribution < 1.29 is 14.3 Å². The summed E-state index contributed by atoms with van der Waals surface area (Å²) in [6.07, 6.45) is 0. The second kappa shape index (κ2) is 8.43. The molecule has 3 aromatic carbocycles. The van der Waals surface area contributed by atoms with E-state index in [4.69, 9.17) is 10.1 Å². The first-order valence-corrected chi connectivity index (χ1v) is 10.9. The molecule has 1 aliphatic heterocycles. The number of Topliss-reactive ketones (excluding diaryl/α,β-unsaturated/α-hetero) is 1. The fourth-order valence-electron chi connectivity index (χ4n) is 4.34. The van der Waals surface area contributed by atoms with Crippen LogP contribution >= 0.6 is 0 Å². The molecule has 0 aliphatic carbocycles. The molecular weight excluding hydrogens is 440 g/mol. The molecular formula is C28H20N4O3. The minimum Gasteiger partial charge on any atom is -0.497 e. The van der Waals surface area contributed by atoms with Crippen molar-refractivity contribution in [3.8, 4) is 28.8 Å². The van der Waals surface area contributed by atoms with E-state index < -0.39 is 11.7 Å². The van der Waals surface area contributed by atoms with Crippen LogP contribution in [0.1, 0.15) is 21.5 Å². The number of hydrogen-bond donors (Lipinski definition) is 1. The topological polar surface area (TPSA) is 99.2 Å². The largest absolute Gasteiger partial charge is 0.497 e. The van der Waals surface area contributed by atoms with Crippen LogP contribution in [-0.4, -0.2) is 23.4 Å². The first-order chi connectivity index (χ1) is 17.0. The van der Waals surface area contributed by atoms with Gasteiger partial charge in [-0.15, -0.1) is 0 Å². The van der Waals surface area contributed by atoms with Gasteiger partial charge in [0.05, 0.1) is 24.1 Å². The van der Waals surface area contributed by atoms with Crippen LogP contribution in [0.3, 0.4) is 0 Å². The average molecular weight is 460 g/mol. The van der Waals surface area contributed by atoms with Crippen LogP contribution < -0.4 is 15.1 Å². The molecule has 0 radical (unpaired) electrons. The van der Waals surface area contributed by atoms with Crippen LogP contribution in [0.15, 0.2) is 78.9 Å². The van der Waals surface area contributed by atoms with Gasteiger partial charge in [-0.1, -0.05) is 48.0 Å². The van der Waals surface area contributed by atoms with Gasteiger partial charge in [-0.3, -0.25) is 24.5 Å². The second-order valence-electron chi connectivity index (χ2n) is 8.11. The van der Waals surface area contributed by atoms with Crippen molar-refractivity contribution in [1.82, 2.24) is 4.57 Å². The van der Waals surface area contributed by atoms with Gasteiger partial charge in [0, 0.05) is 11.4 Å². The van der Waals surface area contributed by atoms with E-state index in [0.29, 0.717) is 28.4 Å². The highest BCUT2D eigenvalue weighted by Crippen LogP contribution is 2.42. The summed E-state index contributed by atoms with van der Waals surface area (Å²) in [6, 6.07) is 25.3. The van der Waals surface area contributed by atoms with Crippen LogP contribution in [0.2, 0.25) is 0 Å². The predicted molar refractivity (Wildman–Crippen MR) is 131 cm³/mol. The van der Waals surface area contributed by atoms with Gasteiger partial charge in [-0.05, 0) is 48.9 Å². The Labute approximate surface area is 201 Å². The smallest absolute Gasteiger partial charge is 0.304 e. The van der Waals surface area contributed by atoms with E-state index in [0.717, 1.165) is 5.56 Å². The number of rotatable bonds is 4. The van der Waals surface area contributed by atoms with Gasteiger partial charge in [0.2, 0.25) is 0 Å². The lowest BCUT2D eigenvalue weighted by Crippen LogP contribution is -2.28. The van der Waals surface area contributed by atoms with E-state index in [-0.39, 0.29) is 22.3 Å². The highest BCUT2D eigenvalue weighted by atomic mass is 16.5. The Morgan fingerprint density at radius 1 is 0.886 bits per heavy atom. The summed E-state index contributed by atoms with van der Waals surface area (Å²) in [5.74, 6) is -0.858. The number of pyridine rings is 1. The lowest BCUT2D eigenvalue weighted by atomic mass is 9.99. The lowest BCUT2D eigenvalue weighted by Gasteiger charge is -2.22. The van der Waals surface area contributed by atoms with Gasteiger partial charge >= 0.3 is 5.91 Å². The zero-order valence-electron chi connectivity index (χ0n) is 19.1. The minimum absolute atomic E-state index is 0.0599. The van der Waals surface area contributed by atoms with Crippen LogP contribution in [0.4, 0.5) is 11.4 Å². The average Bonchev–Trinajstić information content (AvgIpc) is 3.14. The van der Waals surface area contributed by atoms with E-state index in [9.17, 15) is 14.9 Å². The van der Waals surface area contributed by atoms with Crippen molar-refractivity contribution >= 4 is 23.1 Å². The number of methoxy groups -OCH3 is 1. The predicted octanol–water partition coefficient (Wildman–Crippen LogP) is 4.67. The molecule has 0 atom stereocenters. The molecule has 1 N–H and O–H groups in total. The van der Waals surface area contributed by atoms with Gasteiger partial charge < -0.3 is 4.74 Å². The normalized spacial score (nSPS) is 12.4. The number of amides is 1. The molecule has 1 amide bonds. The number of nitriles is 1. The molecule has 0 fully saturated rings. The zero-order valence-corrected chi connectivity index (χ0v) is 19.1. The maximum absolute atomic E-state index is 13.5. The number of aromatic nitrogens is 1. The molecule has 2 heterocycles. The third kappa shape index (κ3) is 3.40. The van der Waals surface area contributed by atoms with Gasteiger partial charge in [-0.2, -0.15) is 5.26 Å². The Morgan fingerprint density at radius 3 is 2.11 bits per heavy atom. The summed E-state index contributed by atoms with van der Waals surface area (Å²) in [5, 5.41) is 19.1. The van der Waals surface area contributed by atoms with Gasteiger partial charge in [-0.25, -0.2) is 0 Å². The van der Waals surface area contributed by atoms with Crippen molar-refractivity contribution in [3.05, 3.63) is 101 Å². The van der Waals surface area contributed by atoms with Crippen LogP contribution in [0.25, 0.3) is 16.9 Å². The Kier molecular flexibility index (Phi) is 5.27. The number of fused-ring (bicyclic) bond motifs is 1. The Balaban J connectivity index is 1.91. The number of carbonyl (C=O) groups is 2. The second-order valence-corrected chi connectivity index (χ2v) is 8.11. The van der Waals surface area contributed by atoms with Gasteiger partial charge in [0.25, 0.3) is 5.78 Å². The van der Waals surface area contributed by atoms with E-state index in [1.807, 2.05) is 49.4 Å². The van der Waals surface area contributed by atoms with E-state index in [2.05, 4.69) is 6.07 Å². The number of nitrogens with zero attached hydrogens (tertiary/aromatic N) is 3. The Bertz CT molecular complexity index is 1580. The van der Waals surface area contributed by atoms with Gasteiger partial charge in [0.1, 0.15) is 22.9 Å². The highest BCUT2D eigenvalue weighted by Gasteiger charge is 2.43. The third-order valence-electron chi connectivity index (χ3n) is 6.02. The summed E-state index contributed by atoms with van der Waals surface area (Å²) in [5.41, 5.74) is 3.08. The molecule has 0 saturated carbocycles. The summed E-state index contributed by atoms with van der Waals surface area (Å²) >= 11 is 0. The molecule has 4 aromatic rings. The van der Waals surface area contributed by atoms with E-state index >= 15 is 0 Å². The molecule has 7 nitrogen and oxygen atoms in total. The van der Waals surface area contributed by atoms with Crippen LogP contribution in [-0.2, 0) is 4.79 Å². The van der Waals surface area contributed by atoms with Crippen molar-refractivity contribution in [1.29, 1.82) is 10.7 Å². The molecule has 0 bridgehead atoms. The van der Waals surface area contributed by atoms with Gasteiger partial charge in [0.15, 0.2) is 0 Å². The SMILES string of the molecule is COc1ccc(-n2c(-c3ccccc3)c3c(c(C#N)c2=N)N(c2ccc(C)cc2)C(=O)C3=O)cc1. The van der Waals surface area contributed by atoms with Crippen LogP contribution in [0, 0.1) is 23.7 Å². The van der Waals surface area contributed by atoms with Crippen molar-refractivity contribution in [3.63, 3.8) is 0 Å². The minimum atomic E-state index is -0.760. The quantitative estimate of drug-likeness (QED) is 0.447. The number of anilines is 2. The number of ketones is 1. The molecule has 7 heteroatoms. The number of benzene rings is 3. The molecule has 35 heavy (non-hydrogen) atoms. The van der Waals surface area contributed by atoms with Crippen molar-refractivity contribution in [2.75, 3.05) is 12.0 Å². The summed E-state index contributed by atoms with van der Waals surface area (Å²) in [6.45, 7) is 1.92. The molecule has 0 spiro atoms. The third-order valence-corrected chi connectivity index (χ3v) is 6.02. The Hall–Kier alpha value is -4.96. The molecule has 0 saturated heterocycles. The summed E-state index contributed by atoms with van der Waals surface area (Å²) in [4.78, 5) is 28.1. The first kappa shape index (κ1) is 21.9. The summed E-state index contributed by atoms with van der Waals surface area (Å²) < 4.78 is 6.80. The monoisotopic (exact) mass is 460 g/mol. The first-order valence-electron chi connectivity index (χ1n) is 10.9. The summed E-state index contributed by atoms with van der Waals surface area (Å²) in [7, 11) is 1.56. The number of aryl methyl sites for hydroxylation is 1. The van der Waals surface area contributed by atoms with E-state index in [1.165, 1.54) is 9.47 Å². The fourth-order valence-corrected chi connectivity index (χ4v) is 4.34. The molecule has 1 aromatic heterocycles. The van der Waals surface area contributed by atoms with E-state index in [1.54, 1.807) is 43.5 Å². The molecule has 5 rings (SSSR count). The molecule has 0 unspecified atom stereocenters. The number of hydrogen-bond acceptors (Lipinski definition) is 5. The van der Waals surface area contributed by atoms with Crippen molar-refractivity contribution in [2.24, 2.45) is 0 Å². The zero-order chi connectivity index (χ0) is 24.7. The highest BCUT2D eigenvalue weighted by molar-refractivity contribution is 6.55. The lowest BCUT2D eigenvalue weighted by molar-refractivity contribution is -0.113. The number of carbonyl (C=O) groups excluding carboxylic acids is 2.